The molecule has 0 amide bonds. The fourth-order valence-corrected chi connectivity index (χ4v) is 2.86. The molecule has 7 atom stereocenters. The normalized spacial score (nSPS) is 48.4. The van der Waals surface area contributed by atoms with Gasteiger partial charge >= 0.3 is 0 Å². The average molecular weight is 317 g/mol. The number of rotatable bonds is 4. The van der Waals surface area contributed by atoms with Gasteiger partial charge in [0.1, 0.15) is 18.2 Å². The van der Waals surface area contributed by atoms with E-state index in [9.17, 15) is 0 Å². The SMILES string of the molecule is CO[C@@H]1O[C@@H](C)[C@@H]2O[C@@](C)(OC)[C@](C)(OC)O[C@H]2[C@@H]1N=[N+]=[N-]. The molecule has 22 heavy (non-hydrogen) atoms. The fraction of sp³-hybridized carbons (Fsp3) is 1.00. The zero-order valence-corrected chi connectivity index (χ0v) is 13.7. The second-order valence-corrected chi connectivity index (χ2v) is 5.61. The summed E-state index contributed by atoms with van der Waals surface area (Å²) in [7, 11) is 4.49. The topological polar surface area (TPSA) is 104 Å². The number of azide groups is 1. The highest BCUT2D eigenvalue weighted by molar-refractivity contribution is 5.01. The standard InChI is InChI=1S/C13H23N3O6/c1-7-9-10(8(15-16-14)11(17-4)20-7)22-13(3,19-6)12(2,18-5)21-9/h7-11H,1-6H3/t7-,8-,9-,10-,11+,12+,13+/m0/s1. The van der Waals surface area contributed by atoms with E-state index < -0.39 is 36.1 Å². The van der Waals surface area contributed by atoms with E-state index in [-0.39, 0.29) is 6.10 Å². The molecular formula is C13H23N3O6. The van der Waals surface area contributed by atoms with Crippen LogP contribution < -0.4 is 0 Å². The molecule has 126 valence electrons. The van der Waals surface area contributed by atoms with Crippen LogP contribution >= 0.6 is 0 Å². The van der Waals surface area contributed by atoms with Gasteiger partial charge in [0, 0.05) is 26.2 Å². The van der Waals surface area contributed by atoms with Gasteiger partial charge in [0.05, 0.1) is 6.10 Å². The molecule has 2 aliphatic heterocycles. The molecule has 0 radical (unpaired) electrons. The molecule has 0 bridgehead atoms. The summed E-state index contributed by atoms with van der Waals surface area (Å²) in [5, 5.41) is 3.76. The van der Waals surface area contributed by atoms with Crippen LogP contribution in [0.4, 0.5) is 0 Å². The Bertz CT molecular complexity index is 459. The van der Waals surface area contributed by atoms with Gasteiger partial charge in [-0.05, 0) is 26.3 Å². The highest BCUT2D eigenvalue weighted by Crippen LogP contribution is 2.44. The molecule has 0 spiro atoms. The van der Waals surface area contributed by atoms with Gasteiger partial charge in [0.2, 0.25) is 11.6 Å². The van der Waals surface area contributed by atoms with Crippen LogP contribution in [0, 0.1) is 0 Å². The molecule has 2 fully saturated rings. The number of hydrogen-bond acceptors (Lipinski definition) is 7. The van der Waals surface area contributed by atoms with Crippen LogP contribution in [0.2, 0.25) is 0 Å². The number of nitrogens with zero attached hydrogens (tertiary/aromatic N) is 3. The Labute approximate surface area is 129 Å². The Kier molecular flexibility index (Phi) is 4.98. The minimum absolute atomic E-state index is 0.337. The maximum absolute atomic E-state index is 8.82. The number of hydrogen-bond donors (Lipinski definition) is 0. The van der Waals surface area contributed by atoms with E-state index in [0.29, 0.717) is 0 Å². The Morgan fingerprint density at radius 3 is 2.05 bits per heavy atom. The highest BCUT2D eigenvalue weighted by Gasteiger charge is 2.61. The first kappa shape index (κ1) is 17.4. The summed E-state index contributed by atoms with van der Waals surface area (Å²) >= 11 is 0. The van der Waals surface area contributed by atoms with E-state index in [1.165, 1.54) is 21.3 Å². The second kappa shape index (κ2) is 6.29. The molecule has 0 aromatic heterocycles. The number of ether oxygens (including phenoxy) is 6. The van der Waals surface area contributed by atoms with Crippen LogP contribution in [-0.2, 0) is 28.4 Å². The minimum atomic E-state index is -1.18. The summed E-state index contributed by atoms with van der Waals surface area (Å²) in [4.78, 5) is 2.86. The van der Waals surface area contributed by atoms with Crippen molar-refractivity contribution in [1.29, 1.82) is 0 Å². The zero-order valence-electron chi connectivity index (χ0n) is 13.7. The van der Waals surface area contributed by atoms with Crippen molar-refractivity contribution in [3.05, 3.63) is 10.4 Å². The van der Waals surface area contributed by atoms with Crippen molar-refractivity contribution in [2.24, 2.45) is 5.11 Å². The lowest BCUT2D eigenvalue weighted by molar-refractivity contribution is -0.469. The molecule has 0 saturated carbocycles. The molecule has 0 unspecified atom stereocenters. The molecule has 9 heteroatoms. The van der Waals surface area contributed by atoms with Crippen molar-refractivity contribution < 1.29 is 28.4 Å². The van der Waals surface area contributed by atoms with Crippen molar-refractivity contribution in [2.45, 2.75) is 63.0 Å². The Hall–Kier alpha value is -0.930. The van der Waals surface area contributed by atoms with Crippen molar-refractivity contribution in [1.82, 2.24) is 0 Å². The smallest absolute Gasteiger partial charge is 0.220 e. The van der Waals surface area contributed by atoms with Gasteiger partial charge in [-0.25, -0.2) is 0 Å². The Balaban J connectivity index is 2.39. The Morgan fingerprint density at radius 1 is 1.05 bits per heavy atom. The maximum Gasteiger partial charge on any atom is 0.220 e. The van der Waals surface area contributed by atoms with Gasteiger partial charge in [-0.15, -0.1) is 0 Å². The van der Waals surface area contributed by atoms with Crippen LogP contribution in [0.25, 0.3) is 10.4 Å². The van der Waals surface area contributed by atoms with E-state index in [1.807, 2.05) is 6.92 Å². The van der Waals surface area contributed by atoms with Crippen LogP contribution in [0.3, 0.4) is 0 Å². The van der Waals surface area contributed by atoms with E-state index >= 15 is 0 Å². The van der Waals surface area contributed by atoms with Crippen LogP contribution in [0.15, 0.2) is 5.11 Å². The largest absolute Gasteiger partial charge is 0.355 e. The summed E-state index contributed by atoms with van der Waals surface area (Å²) in [5.74, 6) is -2.32. The quantitative estimate of drug-likeness (QED) is 0.443. The molecule has 2 saturated heterocycles. The molecule has 0 N–H and O–H groups in total. The summed E-state index contributed by atoms with van der Waals surface area (Å²) in [6.45, 7) is 5.27. The lowest BCUT2D eigenvalue weighted by Crippen LogP contribution is -2.72. The fourth-order valence-electron chi connectivity index (χ4n) is 2.86. The van der Waals surface area contributed by atoms with Gasteiger partial charge < -0.3 is 28.4 Å². The van der Waals surface area contributed by atoms with Crippen LogP contribution in [0.1, 0.15) is 20.8 Å². The second-order valence-electron chi connectivity index (χ2n) is 5.61. The minimum Gasteiger partial charge on any atom is -0.355 e. The lowest BCUT2D eigenvalue weighted by Gasteiger charge is -2.56. The number of fused-ring (bicyclic) bond motifs is 1. The third-order valence-electron chi connectivity index (χ3n) is 4.49. The molecule has 0 aromatic rings. The first-order valence-corrected chi connectivity index (χ1v) is 7.04. The van der Waals surface area contributed by atoms with Gasteiger partial charge in [0.25, 0.3) is 0 Å². The van der Waals surface area contributed by atoms with Crippen molar-refractivity contribution in [3.8, 4) is 0 Å². The third-order valence-corrected chi connectivity index (χ3v) is 4.49. The molecule has 2 aliphatic rings. The predicted octanol–water partition coefficient (Wildman–Crippen LogP) is 1.57. The Morgan fingerprint density at radius 2 is 1.59 bits per heavy atom. The van der Waals surface area contributed by atoms with E-state index in [1.54, 1.807) is 13.8 Å². The zero-order chi connectivity index (χ0) is 16.5. The highest BCUT2D eigenvalue weighted by atomic mass is 16.8. The van der Waals surface area contributed by atoms with Crippen molar-refractivity contribution in [3.63, 3.8) is 0 Å². The van der Waals surface area contributed by atoms with Crippen molar-refractivity contribution in [2.75, 3.05) is 21.3 Å². The van der Waals surface area contributed by atoms with E-state index in [0.717, 1.165) is 0 Å². The monoisotopic (exact) mass is 317 g/mol. The summed E-state index contributed by atoms with van der Waals surface area (Å²) in [6, 6.07) is -0.702. The molecule has 0 aromatic carbocycles. The molecule has 0 aliphatic carbocycles. The molecule has 9 nitrogen and oxygen atoms in total. The van der Waals surface area contributed by atoms with Gasteiger partial charge in [-0.2, -0.15) is 0 Å². The summed E-state index contributed by atoms with van der Waals surface area (Å²) < 4.78 is 34.1. The summed E-state index contributed by atoms with van der Waals surface area (Å²) in [5.41, 5.74) is 8.82. The summed E-state index contributed by atoms with van der Waals surface area (Å²) in [6.07, 6.45) is -2.13. The first-order chi connectivity index (χ1) is 10.4. The van der Waals surface area contributed by atoms with Gasteiger partial charge in [-0.3, -0.25) is 0 Å². The van der Waals surface area contributed by atoms with E-state index in [4.69, 9.17) is 34.0 Å². The third kappa shape index (κ3) is 2.59. The maximum atomic E-state index is 8.82. The van der Waals surface area contributed by atoms with E-state index in [2.05, 4.69) is 10.0 Å². The van der Waals surface area contributed by atoms with Crippen molar-refractivity contribution >= 4 is 0 Å². The first-order valence-electron chi connectivity index (χ1n) is 7.04. The number of methoxy groups -OCH3 is 3. The predicted molar refractivity (Wildman–Crippen MR) is 74.9 cm³/mol. The van der Waals surface area contributed by atoms with Crippen LogP contribution in [0.5, 0.6) is 0 Å². The molecule has 2 heterocycles. The van der Waals surface area contributed by atoms with Crippen LogP contribution in [-0.4, -0.2) is 63.5 Å². The van der Waals surface area contributed by atoms with Gasteiger partial charge in [0.15, 0.2) is 6.29 Å². The van der Waals surface area contributed by atoms with Gasteiger partial charge in [-0.1, -0.05) is 5.11 Å². The molecule has 2 rings (SSSR count). The average Bonchev–Trinajstić information content (AvgIpc) is 2.52. The lowest BCUT2D eigenvalue weighted by atomic mass is 9.93. The molecular weight excluding hydrogens is 294 g/mol.